The topological polar surface area (TPSA) is 20.2 Å². The van der Waals surface area contributed by atoms with E-state index in [1.54, 1.807) is 0 Å². The highest BCUT2D eigenvalue weighted by Crippen LogP contribution is 2.21. The Bertz CT molecular complexity index is 467. The van der Waals surface area contributed by atoms with Crippen molar-refractivity contribution < 1.29 is 5.11 Å². The van der Waals surface area contributed by atoms with Crippen LogP contribution in [0.2, 0.25) is 5.02 Å². The molecular weight excluding hydrogens is 232 g/mol. The van der Waals surface area contributed by atoms with Crippen LogP contribution in [0.1, 0.15) is 17.0 Å². The third kappa shape index (κ3) is 3.32. The van der Waals surface area contributed by atoms with E-state index in [2.05, 4.69) is 0 Å². The zero-order chi connectivity index (χ0) is 12.1. The molecule has 0 heterocycles. The molecule has 0 aliphatic heterocycles. The van der Waals surface area contributed by atoms with Crippen molar-refractivity contribution in [2.45, 2.75) is 12.3 Å². The van der Waals surface area contributed by atoms with Gasteiger partial charge in [0.05, 0.1) is 6.61 Å². The Hall–Kier alpha value is -1.31. The average Bonchev–Trinajstić information content (AvgIpc) is 2.37. The standard InChI is InChI=1S/C15H15ClO/c16-15-8-4-5-12(10-15)9-14(11-17)13-6-2-1-3-7-13/h1-8,10,14,17H,9,11H2. The Labute approximate surface area is 107 Å². The Balaban J connectivity index is 2.16. The summed E-state index contributed by atoms with van der Waals surface area (Å²) in [5, 5.41) is 10.2. The Morgan fingerprint density at radius 2 is 1.76 bits per heavy atom. The van der Waals surface area contributed by atoms with Gasteiger partial charge in [0, 0.05) is 10.9 Å². The summed E-state index contributed by atoms with van der Waals surface area (Å²) < 4.78 is 0. The molecule has 0 aliphatic rings. The van der Waals surface area contributed by atoms with Gasteiger partial charge in [-0.2, -0.15) is 0 Å². The van der Waals surface area contributed by atoms with E-state index in [-0.39, 0.29) is 12.5 Å². The molecule has 0 bridgehead atoms. The van der Waals surface area contributed by atoms with Gasteiger partial charge in [0.25, 0.3) is 0 Å². The van der Waals surface area contributed by atoms with Gasteiger partial charge in [-0.3, -0.25) is 0 Å². The molecule has 0 spiro atoms. The molecule has 1 unspecified atom stereocenters. The first-order chi connectivity index (χ1) is 8.29. The first-order valence-electron chi connectivity index (χ1n) is 5.70. The van der Waals surface area contributed by atoms with Gasteiger partial charge in [-0.1, -0.05) is 54.1 Å². The maximum Gasteiger partial charge on any atom is 0.0502 e. The molecule has 0 radical (unpaired) electrons. The molecule has 2 aromatic rings. The number of rotatable bonds is 4. The highest BCUT2D eigenvalue weighted by molar-refractivity contribution is 6.30. The second-order valence-corrected chi connectivity index (χ2v) is 4.56. The SMILES string of the molecule is OCC(Cc1cccc(Cl)c1)c1ccccc1. The van der Waals surface area contributed by atoms with E-state index in [0.29, 0.717) is 0 Å². The van der Waals surface area contributed by atoms with Crippen molar-refractivity contribution in [3.8, 4) is 0 Å². The van der Waals surface area contributed by atoms with E-state index in [1.165, 1.54) is 0 Å². The number of benzene rings is 2. The van der Waals surface area contributed by atoms with Crippen LogP contribution in [0.5, 0.6) is 0 Å². The minimum Gasteiger partial charge on any atom is -0.396 e. The van der Waals surface area contributed by atoms with Gasteiger partial charge in [0.15, 0.2) is 0 Å². The fourth-order valence-corrected chi connectivity index (χ4v) is 2.17. The number of hydrogen-bond donors (Lipinski definition) is 1. The molecule has 0 saturated heterocycles. The lowest BCUT2D eigenvalue weighted by Crippen LogP contribution is -2.07. The van der Waals surface area contributed by atoms with Crippen molar-refractivity contribution in [3.05, 3.63) is 70.7 Å². The van der Waals surface area contributed by atoms with Crippen molar-refractivity contribution in [1.29, 1.82) is 0 Å². The maximum absolute atomic E-state index is 9.48. The molecule has 1 N–H and O–H groups in total. The van der Waals surface area contributed by atoms with Gasteiger partial charge < -0.3 is 5.11 Å². The summed E-state index contributed by atoms with van der Waals surface area (Å²) in [5.41, 5.74) is 2.32. The predicted octanol–water partition coefficient (Wildman–Crippen LogP) is 3.66. The third-order valence-corrected chi connectivity index (χ3v) is 3.10. The quantitative estimate of drug-likeness (QED) is 0.873. The highest BCUT2D eigenvalue weighted by atomic mass is 35.5. The number of aliphatic hydroxyl groups excluding tert-OH is 1. The lowest BCUT2D eigenvalue weighted by atomic mass is 9.93. The van der Waals surface area contributed by atoms with Gasteiger partial charge in [-0.15, -0.1) is 0 Å². The van der Waals surface area contributed by atoms with Crippen LogP contribution in [0.25, 0.3) is 0 Å². The molecule has 0 amide bonds. The molecular formula is C15H15ClO. The molecule has 2 heteroatoms. The largest absolute Gasteiger partial charge is 0.396 e. The second-order valence-electron chi connectivity index (χ2n) is 4.12. The molecule has 1 atom stereocenters. The Kier molecular flexibility index (Phi) is 4.18. The Morgan fingerprint density at radius 3 is 2.41 bits per heavy atom. The Morgan fingerprint density at radius 1 is 1.00 bits per heavy atom. The molecule has 2 aromatic carbocycles. The molecule has 0 aliphatic carbocycles. The van der Waals surface area contributed by atoms with Crippen molar-refractivity contribution in [2.24, 2.45) is 0 Å². The van der Waals surface area contributed by atoms with Crippen LogP contribution in [0.4, 0.5) is 0 Å². The van der Waals surface area contributed by atoms with E-state index < -0.39 is 0 Å². The summed E-state index contributed by atoms with van der Waals surface area (Å²) in [6.07, 6.45) is 0.807. The van der Waals surface area contributed by atoms with E-state index in [4.69, 9.17) is 11.6 Å². The molecule has 1 nitrogen and oxygen atoms in total. The van der Waals surface area contributed by atoms with E-state index in [0.717, 1.165) is 22.6 Å². The smallest absolute Gasteiger partial charge is 0.0502 e. The molecule has 17 heavy (non-hydrogen) atoms. The fraction of sp³-hybridized carbons (Fsp3) is 0.200. The number of aliphatic hydroxyl groups is 1. The lowest BCUT2D eigenvalue weighted by Gasteiger charge is -2.14. The summed E-state index contributed by atoms with van der Waals surface area (Å²) in [7, 11) is 0. The minimum absolute atomic E-state index is 0.134. The van der Waals surface area contributed by atoms with Gasteiger partial charge in [-0.05, 0) is 29.7 Å². The van der Waals surface area contributed by atoms with Crippen LogP contribution >= 0.6 is 11.6 Å². The molecule has 0 aromatic heterocycles. The number of halogens is 1. The highest BCUT2D eigenvalue weighted by Gasteiger charge is 2.10. The third-order valence-electron chi connectivity index (χ3n) is 2.86. The lowest BCUT2D eigenvalue weighted by molar-refractivity contribution is 0.264. The average molecular weight is 247 g/mol. The molecule has 2 rings (SSSR count). The van der Waals surface area contributed by atoms with E-state index in [9.17, 15) is 5.11 Å². The summed E-state index contributed by atoms with van der Waals surface area (Å²) in [5.74, 6) is 0.134. The van der Waals surface area contributed by atoms with Crippen LogP contribution < -0.4 is 0 Å². The van der Waals surface area contributed by atoms with Gasteiger partial charge in [-0.25, -0.2) is 0 Å². The second kappa shape index (κ2) is 5.85. The zero-order valence-electron chi connectivity index (χ0n) is 9.51. The fourth-order valence-electron chi connectivity index (χ4n) is 1.96. The normalized spacial score (nSPS) is 12.4. The van der Waals surface area contributed by atoms with Crippen molar-refractivity contribution in [1.82, 2.24) is 0 Å². The summed E-state index contributed by atoms with van der Waals surface area (Å²) in [4.78, 5) is 0. The van der Waals surface area contributed by atoms with Crippen LogP contribution in [0, 0.1) is 0 Å². The summed E-state index contributed by atoms with van der Waals surface area (Å²) >= 11 is 5.95. The first-order valence-corrected chi connectivity index (χ1v) is 6.07. The van der Waals surface area contributed by atoms with Gasteiger partial charge >= 0.3 is 0 Å². The maximum atomic E-state index is 9.48. The zero-order valence-corrected chi connectivity index (χ0v) is 10.3. The molecule has 88 valence electrons. The van der Waals surface area contributed by atoms with Crippen LogP contribution in [-0.4, -0.2) is 11.7 Å². The van der Waals surface area contributed by atoms with Crippen LogP contribution in [-0.2, 0) is 6.42 Å². The van der Waals surface area contributed by atoms with Crippen molar-refractivity contribution in [2.75, 3.05) is 6.61 Å². The number of hydrogen-bond acceptors (Lipinski definition) is 1. The molecule has 0 fully saturated rings. The summed E-state index contributed by atoms with van der Waals surface area (Å²) in [6.45, 7) is 0.149. The summed E-state index contributed by atoms with van der Waals surface area (Å²) in [6, 6.07) is 17.9. The van der Waals surface area contributed by atoms with Gasteiger partial charge in [0.1, 0.15) is 0 Å². The van der Waals surface area contributed by atoms with Crippen molar-refractivity contribution >= 4 is 11.6 Å². The van der Waals surface area contributed by atoms with Gasteiger partial charge in [0.2, 0.25) is 0 Å². The predicted molar refractivity (Wildman–Crippen MR) is 71.4 cm³/mol. The minimum atomic E-state index is 0.134. The van der Waals surface area contributed by atoms with E-state index >= 15 is 0 Å². The van der Waals surface area contributed by atoms with E-state index in [1.807, 2.05) is 54.6 Å². The van der Waals surface area contributed by atoms with Crippen LogP contribution in [0.3, 0.4) is 0 Å². The molecule has 0 saturated carbocycles. The van der Waals surface area contributed by atoms with Crippen molar-refractivity contribution in [3.63, 3.8) is 0 Å². The van der Waals surface area contributed by atoms with Crippen LogP contribution in [0.15, 0.2) is 54.6 Å². The first kappa shape index (κ1) is 12.2. The monoisotopic (exact) mass is 246 g/mol.